The predicted molar refractivity (Wildman–Crippen MR) is 106 cm³/mol. The van der Waals surface area contributed by atoms with E-state index in [9.17, 15) is 0 Å². The van der Waals surface area contributed by atoms with Crippen molar-refractivity contribution in [3.8, 4) is 11.1 Å². The van der Waals surface area contributed by atoms with Crippen LogP contribution in [-0.4, -0.2) is 23.5 Å². The Hall–Kier alpha value is -2.46. The van der Waals surface area contributed by atoms with E-state index in [-0.39, 0.29) is 0 Å². The molecule has 0 saturated carbocycles. The molecule has 0 unspecified atom stereocenters. The van der Waals surface area contributed by atoms with Crippen LogP contribution in [0.3, 0.4) is 0 Å². The van der Waals surface area contributed by atoms with Crippen LogP contribution in [0.5, 0.6) is 0 Å². The van der Waals surface area contributed by atoms with Crippen molar-refractivity contribution in [3.05, 3.63) is 78.9 Å². The number of hydrogen-bond acceptors (Lipinski definition) is 2. The van der Waals surface area contributed by atoms with Gasteiger partial charge in [0, 0.05) is 19.4 Å². The second kappa shape index (κ2) is 6.80. The van der Waals surface area contributed by atoms with Crippen molar-refractivity contribution in [2.75, 3.05) is 14.2 Å². The molecular weight excluding hydrogens is 324 g/mol. The van der Waals surface area contributed by atoms with E-state index in [2.05, 4.69) is 78.9 Å². The molecule has 0 saturated heterocycles. The third kappa shape index (κ3) is 2.76. The third-order valence-corrected chi connectivity index (χ3v) is 6.18. The summed E-state index contributed by atoms with van der Waals surface area (Å²) in [5.41, 5.74) is 2.44. The standard InChI is InChI=1S/C22H19O2Si/c1-23-25(24-2)21-15-14-17-9-4-6-12-19(17)22(21)20-13-7-10-16-8-3-5-11-18(16)20/h3-15H,1-2H3. The van der Waals surface area contributed by atoms with Crippen LogP contribution in [0.25, 0.3) is 32.7 Å². The first-order chi connectivity index (χ1) is 12.3. The summed E-state index contributed by atoms with van der Waals surface area (Å²) in [7, 11) is 1.91. The number of hydrogen-bond donors (Lipinski definition) is 0. The minimum Gasteiger partial charge on any atom is -0.393 e. The Labute approximate surface area is 149 Å². The summed E-state index contributed by atoms with van der Waals surface area (Å²) in [4.78, 5) is 0. The van der Waals surface area contributed by atoms with Gasteiger partial charge in [-0.05, 0) is 32.7 Å². The molecule has 3 heteroatoms. The molecule has 0 spiro atoms. The van der Waals surface area contributed by atoms with E-state index in [1.54, 1.807) is 14.2 Å². The van der Waals surface area contributed by atoms with Crippen molar-refractivity contribution in [3.63, 3.8) is 0 Å². The molecule has 1 radical (unpaired) electrons. The molecule has 4 rings (SSSR count). The highest BCUT2D eigenvalue weighted by molar-refractivity contribution is 6.63. The van der Waals surface area contributed by atoms with Gasteiger partial charge in [-0.3, -0.25) is 0 Å². The van der Waals surface area contributed by atoms with Crippen LogP contribution in [0.15, 0.2) is 78.9 Å². The molecule has 0 aliphatic rings. The summed E-state index contributed by atoms with van der Waals surface area (Å²) in [6, 6.07) is 27.8. The van der Waals surface area contributed by atoms with E-state index in [0.29, 0.717) is 0 Å². The molecule has 0 bridgehead atoms. The minimum absolute atomic E-state index is 1.14. The first kappa shape index (κ1) is 16.0. The van der Waals surface area contributed by atoms with Crippen molar-refractivity contribution in [1.82, 2.24) is 0 Å². The monoisotopic (exact) mass is 343 g/mol. The van der Waals surface area contributed by atoms with Gasteiger partial charge >= 0.3 is 9.28 Å². The molecule has 0 aromatic heterocycles. The van der Waals surface area contributed by atoms with Gasteiger partial charge in [-0.2, -0.15) is 0 Å². The first-order valence-corrected chi connectivity index (χ1v) is 9.60. The summed E-state index contributed by atoms with van der Waals surface area (Å²) in [5.74, 6) is 0. The van der Waals surface area contributed by atoms with Crippen LogP contribution >= 0.6 is 0 Å². The predicted octanol–water partition coefficient (Wildman–Crippen LogP) is 4.65. The second-order valence-corrected chi connectivity index (χ2v) is 7.86. The minimum atomic E-state index is -1.54. The highest BCUT2D eigenvalue weighted by Crippen LogP contribution is 2.33. The molecule has 0 fully saturated rings. The zero-order valence-electron chi connectivity index (χ0n) is 14.3. The van der Waals surface area contributed by atoms with Crippen molar-refractivity contribution >= 4 is 36.0 Å². The van der Waals surface area contributed by atoms with E-state index < -0.39 is 9.28 Å². The first-order valence-electron chi connectivity index (χ1n) is 8.28. The molecule has 0 aliphatic heterocycles. The van der Waals surface area contributed by atoms with E-state index in [1.807, 2.05) is 0 Å². The topological polar surface area (TPSA) is 18.5 Å². The van der Waals surface area contributed by atoms with Crippen LogP contribution in [0, 0.1) is 0 Å². The fourth-order valence-electron chi connectivity index (χ4n) is 3.48. The second-order valence-electron chi connectivity index (χ2n) is 5.93. The maximum atomic E-state index is 5.69. The number of rotatable bonds is 4. The van der Waals surface area contributed by atoms with Crippen LogP contribution in [-0.2, 0) is 8.85 Å². The Bertz CT molecular complexity index is 1030. The molecule has 2 nitrogen and oxygen atoms in total. The lowest BCUT2D eigenvalue weighted by Crippen LogP contribution is -2.36. The molecule has 123 valence electrons. The maximum absolute atomic E-state index is 5.69. The van der Waals surface area contributed by atoms with Gasteiger partial charge in [0.15, 0.2) is 0 Å². The summed E-state index contributed by atoms with van der Waals surface area (Å²) in [6.45, 7) is 0. The van der Waals surface area contributed by atoms with Gasteiger partial charge in [0.2, 0.25) is 0 Å². The molecule has 4 aromatic rings. The molecular formula is C22H19O2Si. The Kier molecular flexibility index (Phi) is 4.36. The number of benzene rings is 4. The lowest BCUT2D eigenvalue weighted by molar-refractivity contribution is 0.292. The fraction of sp³-hybridized carbons (Fsp3) is 0.0909. The van der Waals surface area contributed by atoms with Crippen LogP contribution in [0.4, 0.5) is 0 Å². The van der Waals surface area contributed by atoms with Gasteiger partial charge in [-0.15, -0.1) is 0 Å². The highest BCUT2D eigenvalue weighted by Gasteiger charge is 2.23. The summed E-state index contributed by atoms with van der Waals surface area (Å²) < 4.78 is 11.4. The van der Waals surface area contributed by atoms with Crippen molar-refractivity contribution in [2.45, 2.75) is 0 Å². The molecule has 25 heavy (non-hydrogen) atoms. The molecule has 0 heterocycles. The molecule has 4 aromatic carbocycles. The van der Waals surface area contributed by atoms with Crippen LogP contribution in [0.1, 0.15) is 0 Å². The highest BCUT2D eigenvalue weighted by atomic mass is 28.3. The van der Waals surface area contributed by atoms with Gasteiger partial charge in [0.05, 0.1) is 0 Å². The normalized spacial score (nSPS) is 11.5. The van der Waals surface area contributed by atoms with Gasteiger partial charge < -0.3 is 8.85 Å². The third-order valence-electron chi connectivity index (χ3n) is 4.58. The lowest BCUT2D eigenvalue weighted by Gasteiger charge is -2.18. The van der Waals surface area contributed by atoms with Crippen molar-refractivity contribution < 1.29 is 8.85 Å². The van der Waals surface area contributed by atoms with E-state index in [4.69, 9.17) is 8.85 Å². The lowest BCUT2D eigenvalue weighted by atomic mass is 9.94. The zero-order chi connectivity index (χ0) is 17.2. The Morgan fingerprint density at radius 3 is 1.92 bits per heavy atom. The molecule has 0 atom stereocenters. The van der Waals surface area contributed by atoms with E-state index >= 15 is 0 Å². The Morgan fingerprint density at radius 1 is 0.600 bits per heavy atom. The smallest absolute Gasteiger partial charge is 0.393 e. The summed E-state index contributed by atoms with van der Waals surface area (Å²) in [6.07, 6.45) is 0. The fourth-order valence-corrected chi connectivity index (χ4v) is 4.78. The molecule has 0 aliphatic carbocycles. The molecule has 0 amide bonds. The summed E-state index contributed by atoms with van der Waals surface area (Å²) in [5, 5.41) is 6.08. The van der Waals surface area contributed by atoms with Crippen LogP contribution < -0.4 is 5.19 Å². The van der Waals surface area contributed by atoms with E-state index in [0.717, 1.165) is 5.19 Å². The quantitative estimate of drug-likeness (QED) is 0.502. The van der Waals surface area contributed by atoms with Gasteiger partial charge in [-0.25, -0.2) is 0 Å². The Morgan fingerprint density at radius 2 is 1.20 bits per heavy atom. The SMILES string of the molecule is CO[Si](OC)c1ccc2ccccc2c1-c1cccc2ccccc12. The maximum Gasteiger partial charge on any atom is 0.423 e. The van der Waals surface area contributed by atoms with Crippen molar-refractivity contribution in [2.24, 2.45) is 0 Å². The molecule has 0 N–H and O–H groups in total. The average Bonchev–Trinajstić information content (AvgIpc) is 2.68. The van der Waals surface area contributed by atoms with Gasteiger partial charge in [0.25, 0.3) is 0 Å². The van der Waals surface area contributed by atoms with Gasteiger partial charge in [0.1, 0.15) is 0 Å². The number of fused-ring (bicyclic) bond motifs is 2. The van der Waals surface area contributed by atoms with Gasteiger partial charge in [-0.1, -0.05) is 78.9 Å². The zero-order valence-corrected chi connectivity index (χ0v) is 15.3. The Balaban J connectivity index is 2.12. The van der Waals surface area contributed by atoms with E-state index in [1.165, 1.54) is 32.7 Å². The van der Waals surface area contributed by atoms with Crippen molar-refractivity contribution in [1.29, 1.82) is 0 Å². The largest absolute Gasteiger partial charge is 0.423 e. The summed E-state index contributed by atoms with van der Waals surface area (Å²) >= 11 is 0. The average molecular weight is 343 g/mol. The van der Waals surface area contributed by atoms with Crippen LogP contribution in [0.2, 0.25) is 0 Å².